The molecule has 5 heteroatoms. The lowest BCUT2D eigenvalue weighted by Crippen LogP contribution is -1.92. The first-order chi connectivity index (χ1) is 11.9. The van der Waals surface area contributed by atoms with E-state index in [0.29, 0.717) is 0 Å². The van der Waals surface area contributed by atoms with Gasteiger partial charge in [-0.1, -0.05) is 47.6 Å². The molecule has 24 heavy (non-hydrogen) atoms. The van der Waals surface area contributed by atoms with Crippen LogP contribution in [0.1, 0.15) is 0 Å². The van der Waals surface area contributed by atoms with Crippen molar-refractivity contribution in [1.82, 2.24) is 15.4 Å². The van der Waals surface area contributed by atoms with E-state index >= 15 is 0 Å². The van der Waals surface area contributed by atoms with Crippen molar-refractivity contribution in [3.05, 3.63) is 66.2 Å². The zero-order valence-electron chi connectivity index (χ0n) is 12.5. The lowest BCUT2D eigenvalue weighted by atomic mass is 10.0. The van der Waals surface area contributed by atoms with Crippen LogP contribution >= 0.6 is 11.3 Å². The second-order valence-electron chi connectivity index (χ2n) is 5.51. The summed E-state index contributed by atoms with van der Waals surface area (Å²) in [6.07, 6.45) is 1.64. The van der Waals surface area contributed by atoms with E-state index in [4.69, 9.17) is 4.52 Å². The van der Waals surface area contributed by atoms with Crippen molar-refractivity contribution in [2.75, 3.05) is 0 Å². The Morgan fingerprint density at radius 2 is 1.71 bits per heavy atom. The van der Waals surface area contributed by atoms with Gasteiger partial charge in [-0.15, -0.1) is 21.5 Å². The zero-order chi connectivity index (χ0) is 15.9. The van der Waals surface area contributed by atoms with E-state index in [9.17, 15) is 0 Å². The molecule has 0 fully saturated rings. The minimum absolute atomic E-state index is 0.746. The summed E-state index contributed by atoms with van der Waals surface area (Å²) < 4.78 is 5.23. The first-order valence-electron chi connectivity index (χ1n) is 7.54. The molecule has 0 aliphatic rings. The van der Waals surface area contributed by atoms with Gasteiger partial charge in [-0.25, -0.2) is 0 Å². The number of fused-ring (bicyclic) bond motifs is 2. The fourth-order valence-electron chi connectivity index (χ4n) is 2.91. The average molecular weight is 329 g/mol. The van der Waals surface area contributed by atoms with Crippen LogP contribution < -0.4 is 0 Å². The number of thiophene rings is 1. The SMILES string of the molecule is c1csc(-c2nnc(-c3ccc4ccccc4c3)c3conc23)c1. The summed E-state index contributed by atoms with van der Waals surface area (Å²) in [7, 11) is 0. The van der Waals surface area contributed by atoms with Crippen LogP contribution in [0.4, 0.5) is 0 Å². The van der Waals surface area contributed by atoms with Gasteiger partial charge in [0.1, 0.15) is 23.2 Å². The van der Waals surface area contributed by atoms with Gasteiger partial charge in [0.15, 0.2) is 0 Å². The van der Waals surface area contributed by atoms with Crippen LogP contribution in [0.15, 0.2) is 70.8 Å². The predicted octanol–water partition coefficient (Wildman–Crippen LogP) is 5.17. The monoisotopic (exact) mass is 329 g/mol. The molecule has 0 unspecified atom stereocenters. The molecule has 5 aromatic rings. The van der Waals surface area contributed by atoms with Crippen LogP contribution in [-0.4, -0.2) is 15.4 Å². The number of hydrogen-bond acceptors (Lipinski definition) is 5. The van der Waals surface area contributed by atoms with Crippen molar-refractivity contribution in [3.63, 3.8) is 0 Å². The fraction of sp³-hybridized carbons (Fsp3) is 0. The summed E-state index contributed by atoms with van der Waals surface area (Å²) in [5.41, 5.74) is 3.30. The number of rotatable bonds is 2. The molecular formula is C19H11N3OS. The molecular weight excluding hydrogens is 318 g/mol. The lowest BCUT2D eigenvalue weighted by Gasteiger charge is -2.05. The van der Waals surface area contributed by atoms with Crippen molar-refractivity contribution >= 4 is 33.0 Å². The Labute approximate surface area is 141 Å². The molecule has 4 nitrogen and oxygen atoms in total. The molecule has 0 atom stereocenters. The Morgan fingerprint density at radius 3 is 2.58 bits per heavy atom. The van der Waals surface area contributed by atoms with Crippen LogP contribution in [-0.2, 0) is 0 Å². The molecule has 0 saturated carbocycles. The first-order valence-corrected chi connectivity index (χ1v) is 8.42. The highest BCUT2D eigenvalue weighted by molar-refractivity contribution is 7.13. The van der Waals surface area contributed by atoms with Crippen molar-refractivity contribution in [3.8, 4) is 21.8 Å². The summed E-state index contributed by atoms with van der Waals surface area (Å²) >= 11 is 1.61. The molecule has 3 heterocycles. The van der Waals surface area contributed by atoms with Gasteiger partial charge in [0, 0.05) is 5.56 Å². The normalized spacial score (nSPS) is 11.3. The Hall–Kier alpha value is -3.05. The maximum atomic E-state index is 5.23. The fourth-order valence-corrected chi connectivity index (χ4v) is 3.62. The van der Waals surface area contributed by atoms with Gasteiger partial charge < -0.3 is 4.52 Å². The highest BCUT2D eigenvalue weighted by atomic mass is 32.1. The van der Waals surface area contributed by atoms with Crippen LogP contribution in [0.25, 0.3) is 43.5 Å². The molecule has 0 aliphatic carbocycles. The van der Waals surface area contributed by atoms with Gasteiger partial charge in [-0.05, 0) is 28.3 Å². The lowest BCUT2D eigenvalue weighted by molar-refractivity contribution is 0.428. The van der Waals surface area contributed by atoms with Gasteiger partial charge in [0.05, 0.1) is 10.3 Å². The topological polar surface area (TPSA) is 51.8 Å². The standard InChI is InChI=1S/C19H11N3OS/c1-2-5-13-10-14(8-7-12(13)4-1)17-15-11-23-22-18(15)19(21-20-17)16-6-3-9-24-16/h1-11H. The molecule has 0 bridgehead atoms. The Kier molecular flexibility index (Phi) is 2.93. The van der Waals surface area contributed by atoms with Crippen molar-refractivity contribution in [2.45, 2.75) is 0 Å². The second-order valence-corrected chi connectivity index (χ2v) is 6.46. The number of hydrogen-bond donors (Lipinski definition) is 0. The Morgan fingerprint density at radius 1 is 0.833 bits per heavy atom. The van der Waals surface area contributed by atoms with Gasteiger partial charge in [0.25, 0.3) is 0 Å². The first kappa shape index (κ1) is 13.4. The molecule has 2 aromatic carbocycles. The van der Waals surface area contributed by atoms with Crippen LogP contribution in [0.5, 0.6) is 0 Å². The Bertz CT molecular complexity index is 1160. The van der Waals surface area contributed by atoms with E-state index in [0.717, 1.165) is 32.7 Å². The zero-order valence-corrected chi connectivity index (χ0v) is 13.3. The maximum Gasteiger partial charge on any atom is 0.145 e. The van der Waals surface area contributed by atoms with Crippen molar-refractivity contribution in [1.29, 1.82) is 0 Å². The molecule has 0 amide bonds. The van der Waals surface area contributed by atoms with Crippen molar-refractivity contribution in [2.24, 2.45) is 0 Å². The van der Waals surface area contributed by atoms with E-state index in [-0.39, 0.29) is 0 Å². The summed E-state index contributed by atoms with van der Waals surface area (Å²) in [5, 5.41) is 18.3. The molecule has 0 saturated heterocycles. The molecule has 114 valence electrons. The summed E-state index contributed by atoms with van der Waals surface area (Å²) in [4.78, 5) is 1.03. The predicted molar refractivity (Wildman–Crippen MR) is 95.9 cm³/mol. The Balaban J connectivity index is 1.75. The highest BCUT2D eigenvalue weighted by Gasteiger charge is 2.16. The van der Waals surface area contributed by atoms with Crippen LogP contribution in [0, 0.1) is 0 Å². The van der Waals surface area contributed by atoms with Crippen LogP contribution in [0.3, 0.4) is 0 Å². The summed E-state index contributed by atoms with van der Waals surface area (Å²) in [6.45, 7) is 0. The van der Waals surface area contributed by atoms with Gasteiger partial charge in [0.2, 0.25) is 0 Å². The third kappa shape index (κ3) is 2.02. The molecule has 5 rings (SSSR count). The average Bonchev–Trinajstić information content (AvgIpc) is 3.32. The maximum absolute atomic E-state index is 5.23. The van der Waals surface area contributed by atoms with Gasteiger partial charge in [-0.2, -0.15) is 0 Å². The minimum atomic E-state index is 0.746. The number of aromatic nitrogens is 3. The molecule has 0 aliphatic heterocycles. The molecule has 0 radical (unpaired) electrons. The van der Waals surface area contributed by atoms with E-state index in [1.54, 1.807) is 17.6 Å². The highest BCUT2D eigenvalue weighted by Crippen LogP contribution is 2.34. The largest absolute Gasteiger partial charge is 0.363 e. The molecule has 0 spiro atoms. The number of benzene rings is 2. The van der Waals surface area contributed by atoms with Crippen molar-refractivity contribution < 1.29 is 4.52 Å². The quantitative estimate of drug-likeness (QED) is 0.448. The second kappa shape index (κ2) is 5.25. The van der Waals surface area contributed by atoms with Crippen LogP contribution in [0.2, 0.25) is 0 Å². The smallest absolute Gasteiger partial charge is 0.145 e. The van der Waals surface area contributed by atoms with E-state index in [1.807, 2.05) is 29.6 Å². The number of nitrogens with zero attached hydrogens (tertiary/aromatic N) is 3. The van der Waals surface area contributed by atoms with E-state index in [2.05, 4.69) is 45.7 Å². The summed E-state index contributed by atoms with van der Waals surface area (Å²) in [6, 6.07) is 18.5. The van der Waals surface area contributed by atoms with Gasteiger partial charge >= 0.3 is 0 Å². The molecule has 0 N–H and O–H groups in total. The summed E-state index contributed by atoms with van der Waals surface area (Å²) in [5.74, 6) is 0. The van der Waals surface area contributed by atoms with E-state index < -0.39 is 0 Å². The minimum Gasteiger partial charge on any atom is -0.363 e. The molecule has 3 aromatic heterocycles. The third-order valence-corrected chi connectivity index (χ3v) is 4.95. The van der Waals surface area contributed by atoms with E-state index in [1.165, 1.54) is 10.8 Å². The van der Waals surface area contributed by atoms with Gasteiger partial charge in [-0.3, -0.25) is 0 Å². The third-order valence-electron chi connectivity index (χ3n) is 4.08.